The van der Waals surface area contributed by atoms with Crippen LogP contribution in [0.4, 0.5) is 0 Å². The molecule has 88 valence electrons. The first-order chi connectivity index (χ1) is 7.58. The summed E-state index contributed by atoms with van der Waals surface area (Å²) in [4.78, 5) is 14.0. The summed E-state index contributed by atoms with van der Waals surface area (Å²) in [5.41, 5.74) is 1.56. The zero-order chi connectivity index (χ0) is 11.7. The average molecular weight is 222 g/mol. The van der Waals surface area contributed by atoms with Crippen molar-refractivity contribution < 1.29 is 4.79 Å². The third kappa shape index (κ3) is 2.09. The second-order valence-corrected chi connectivity index (χ2v) is 4.40. The van der Waals surface area contributed by atoms with E-state index in [2.05, 4.69) is 17.3 Å². The van der Waals surface area contributed by atoms with E-state index in [0.717, 1.165) is 25.3 Å². The number of aromatic nitrogens is 2. The SMILES string of the molecule is Cc1cc(C(=O)N2CCNC(C)C2)nn1C. The second-order valence-electron chi connectivity index (χ2n) is 4.40. The van der Waals surface area contributed by atoms with Gasteiger partial charge < -0.3 is 10.2 Å². The smallest absolute Gasteiger partial charge is 0.274 e. The van der Waals surface area contributed by atoms with Gasteiger partial charge in [0.15, 0.2) is 5.69 Å². The molecule has 2 heterocycles. The number of carbonyl (C=O) groups excluding carboxylic acids is 1. The Bertz CT molecular complexity index is 379. The van der Waals surface area contributed by atoms with Crippen molar-refractivity contribution in [2.24, 2.45) is 7.05 Å². The highest BCUT2D eigenvalue weighted by Crippen LogP contribution is 2.08. The van der Waals surface area contributed by atoms with E-state index in [1.165, 1.54) is 0 Å². The molecule has 0 radical (unpaired) electrons. The van der Waals surface area contributed by atoms with Crippen LogP contribution >= 0.6 is 0 Å². The van der Waals surface area contributed by atoms with E-state index in [1.807, 2.05) is 24.9 Å². The molecule has 1 amide bonds. The van der Waals surface area contributed by atoms with Gasteiger partial charge in [-0.05, 0) is 19.9 Å². The van der Waals surface area contributed by atoms with E-state index in [-0.39, 0.29) is 5.91 Å². The Hall–Kier alpha value is -1.36. The summed E-state index contributed by atoms with van der Waals surface area (Å²) >= 11 is 0. The molecule has 1 unspecified atom stereocenters. The van der Waals surface area contributed by atoms with Crippen LogP contribution in [-0.4, -0.2) is 46.3 Å². The molecule has 16 heavy (non-hydrogen) atoms. The summed E-state index contributed by atoms with van der Waals surface area (Å²) in [5.74, 6) is 0.0389. The summed E-state index contributed by atoms with van der Waals surface area (Å²) in [6.45, 7) is 6.42. The molecule has 1 aliphatic heterocycles. The van der Waals surface area contributed by atoms with Gasteiger partial charge in [-0.3, -0.25) is 9.48 Å². The number of hydrogen-bond donors (Lipinski definition) is 1. The number of nitrogens with one attached hydrogen (secondary N) is 1. The fraction of sp³-hybridized carbons (Fsp3) is 0.636. The Morgan fingerprint density at radius 3 is 2.94 bits per heavy atom. The molecule has 5 heteroatoms. The van der Waals surface area contributed by atoms with Crippen LogP contribution in [0, 0.1) is 6.92 Å². The van der Waals surface area contributed by atoms with Gasteiger partial charge in [0.05, 0.1) is 0 Å². The minimum Gasteiger partial charge on any atom is -0.334 e. The molecule has 0 bridgehead atoms. The highest BCUT2D eigenvalue weighted by molar-refractivity contribution is 5.92. The van der Waals surface area contributed by atoms with E-state index in [9.17, 15) is 4.79 Å². The molecule has 5 nitrogen and oxygen atoms in total. The van der Waals surface area contributed by atoms with Gasteiger partial charge in [-0.25, -0.2) is 0 Å². The lowest BCUT2D eigenvalue weighted by Crippen LogP contribution is -2.51. The number of rotatable bonds is 1. The van der Waals surface area contributed by atoms with E-state index >= 15 is 0 Å². The molecule has 0 spiro atoms. The lowest BCUT2D eigenvalue weighted by atomic mass is 10.2. The molecule has 1 aliphatic rings. The molecule has 0 aromatic carbocycles. The summed E-state index contributed by atoms with van der Waals surface area (Å²) < 4.78 is 1.73. The normalized spacial score (nSPS) is 21.2. The van der Waals surface area contributed by atoms with Crippen molar-refractivity contribution in [3.05, 3.63) is 17.5 Å². The maximum atomic E-state index is 12.1. The highest BCUT2D eigenvalue weighted by atomic mass is 16.2. The van der Waals surface area contributed by atoms with Crippen LogP contribution in [-0.2, 0) is 7.05 Å². The first-order valence-electron chi connectivity index (χ1n) is 5.61. The average Bonchev–Trinajstić information content (AvgIpc) is 2.58. The zero-order valence-electron chi connectivity index (χ0n) is 10.0. The fourth-order valence-electron chi connectivity index (χ4n) is 1.94. The third-order valence-electron chi connectivity index (χ3n) is 2.99. The van der Waals surface area contributed by atoms with Crippen molar-refractivity contribution >= 4 is 5.91 Å². The van der Waals surface area contributed by atoms with Gasteiger partial charge in [0.1, 0.15) is 0 Å². The van der Waals surface area contributed by atoms with Gasteiger partial charge in [-0.15, -0.1) is 0 Å². The molecule has 1 fully saturated rings. The largest absolute Gasteiger partial charge is 0.334 e. The first-order valence-corrected chi connectivity index (χ1v) is 5.61. The molecule has 0 saturated carbocycles. The van der Waals surface area contributed by atoms with Crippen LogP contribution in [0.5, 0.6) is 0 Å². The second kappa shape index (κ2) is 4.25. The van der Waals surface area contributed by atoms with Gasteiger partial charge in [0, 0.05) is 38.4 Å². The van der Waals surface area contributed by atoms with Crippen molar-refractivity contribution in [2.75, 3.05) is 19.6 Å². The van der Waals surface area contributed by atoms with E-state index in [1.54, 1.807) is 4.68 Å². The van der Waals surface area contributed by atoms with Crippen LogP contribution in [0.25, 0.3) is 0 Å². The molecule has 1 N–H and O–H groups in total. The van der Waals surface area contributed by atoms with E-state index < -0.39 is 0 Å². The quantitative estimate of drug-likeness (QED) is 0.736. The lowest BCUT2D eigenvalue weighted by Gasteiger charge is -2.31. The van der Waals surface area contributed by atoms with Crippen molar-refractivity contribution in [1.82, 2.24) is 20.0 Å². The molecular weight excluding hydrogens is 204 g/mol. The van der Waals surface area contributed by atoms with Gasteiger partial charge in [-0.2, -0.15) is 5.10 Å². The van der Waals surface area contributed by atoms with Crippen molar-refractivity contribution in [3.8, 4) is 0 Å². The monoisotopic (exact) mass is 222 g/mol. The minimum absolute atomic E-state index is 0.0389. The Morgan fingerprint density at radius 2 is 2.38 bits per heavy atom. The number of nitrogens with zero attached hydrogens (tertiary/aromatic N) is 3. The number of hydrogen-bond acceptors (Lipinski definition) is 3. The fourth-order valence-corrected chi connectivity index (χ4v) is 1.94. The molecule has 1 saturated heterocycles. The van der Waals surface area contributed by atoms with Crippen molar-refractivity contribution in [1.29, 1.82) is 0 Å². The van der Waals surface area contributed by atoms with E-state index in [0.29, 0.717) is 11.7 Å². The van der Waals surface area contributed by atoms with Gasteiger partial charge >= 0.3 is 0 Å². The lowest BCUT2D eigenvalue weighted by molar-refractivity contribution is 0.0702. The molecule has 2 rings (SSSR count). The van der Waals surface area contributed by atoms with Gasteiger partial charge in [0.25, 0.3) is 5.91 Å². The Balaban J connectivity index is 2.12. The Morgan fingerprint density at radius 1 is 1.62 bits per heavy atom. The number of aryl methyl sites for hydroxylation is 2. The van der Waals surface area contributed by atoms with Crippen molar-refractivity contribution in [3.63, 3.8) is 0 Å². The third-order valence-corrected chi connectivity index (χ3v) is 2.99. The zero-order valence-corrected chi connectivity index (χ0v) is 10.0. The van der Waals surface area contributed by atoms with Crippen LogP contribution in [0.3, 0.4) is 0 Å². The molecule has 1 atom stereocenters. The maximum absolute atomic E-state index is 12.1. The number of carbonyl (C=O) groups is 1. The van der Waals surface area contributed by atoms with Crippen LogP contribution < -0.4 is 5.32 Å². The Labute approximate surface area is 95.4 Å². The van der Waals surface area contributed by atoms with Crippen LogP contribution in [0.1, 0.15) is 23.1 Å². The predicted octanol–water partition coefficient (Wildman–Crippen LogP) is 0.162. The summed E-state index contributed by atoms with van der Waals surface area (Å²) in [5, 5.41) is 7.53. The standard InChI is InChI=1S/C11H18N4O/c1-8-7-15(5-4-12-8)11(16)10-6-9(2)14(3)13-10/h6,8,12H,4-5,7H2,1-3H3. The molecule has 0 aliphatic carbocycles. The predicted molar refractivity (Wildman–Crippen MR) is 61.3 cm³/mol. The van der Waals surface area contributed by atoms with Gasteiger partial charge in [-0.1, -0.05) is 0 Å². The number of piperazine rings is 1. The summed E-state index contributed by atoms with van der Waals surface area (Å²) in [6, 6.07) is 2.21. The minimum atomic E-state index is 0.0389. The van der Waals surface area contributed by atoms with E-state index in [4.69, 9.17) is 0 Å². The Kier molecular flexibility index (Phi) is 2.96. The molecule has 1 aromatic heterocycles. The highest BCUT2D eigenvalue weighted by Gasteiger charge is 2.23. The summed E-state index contributed by atoms with van der Waals surface area (Å²) in [7, 11) is 1.85. The maximum Gasteiger partial charge on any atom is 0.274 e. The van der Waals surface area contributed by atoms with Crippen molar-refractivity contribution in [2.45, 2.75) is 19.9 Å². The molecular formula is C11H18N4O. The van der Waals surface area contributed by atoms with Gasteiger partial charge in [0.2, 0.25) is 0 Å². The molecule has 1 aromatic rings. The topological polar surface area (TPSA) is 50.2 Å². The first kappa shape index (κ1) is 11.1. The number of amides is 1. The summed E-state index contributed by atoms with van der Waals surface area (Å²) in [6.07, 6.45) is 0. The van der Waals surface area contributed by atoms with Crippen LogP contribution in [0.2, 0.25) is 0 Å². The van der Waals surface area contributed by atoms with Crippen LogP contribution in [0.15, 0.2) is 6.07 Å².